The highest BCUT2D eigenvalue weighted by atomic mass is 16.1. The summed E-state index contributed by atoms with van der Waals surface area (Å²) in [4.78, 5) is 37.5. The van der Waals surface area contributed by atoms with E-state index in [0.29, 0.717) is 54.9 Å². The highest BCUT2D eigenvalue weighted by Crippen LogP contribution is 2.25. The summed E-state index contributed by atoms with van der Waals surface area (Å²) in [5.41, 5.74) is 3.11. The van der Waals surface area contributed by atoms with Crippen LogP contribution in [0.5, 0.6) is 0 Å². The lowest BCUT2D eigenvalue weighted by atomic mass is 10.1. The molecule has 0 spiro atoms. The van der Waals surface area contributed by atoms with Crippen molar-refractivity contribution in [2.45, 2.75) is 0 Å². The fourth-order valence-electron chi connectivity index (χ4n) is 4.79. The fraction of sp³-hybridized carbons (Fsp3) is 0. The third-order valence-corrected chi connectivity index (χ3v) is 6.32. The lowest BCUT2D eigenvalue weighted by Crippen LogP contribution is -2.19. The van der Waals surface area contributed by atoms with Gasteiger partial charge in [0.1, 0.15) is 11.3 Å². The Morgan fingerprint density at radius 3 is 1.24 bits per heavy atom. The quantitative estimate of drug-likeness (QED) is 0.337. The van der Waals surface area contributed by atoms with Gasteiger partial charge in [0.15, 0.2) is 0 Å². The second-order valence-corrected chi connectivity index (χ2v) is 8.22. The van der Waals surface area contributed by atoms with E-state index in [1.54, 1.807) is 20.9 Å². The Hall–Kier alpha value is -4.84. The number of nitrogens with zero attached hydrogens (tertiary/aromatic N) is 4. The molecule has 4 aromatic carbocycles. The van der Waals surface area contributed by atoms with Gasteiger partial charge in [-0.2, -0.15) is 0 Å². The van der Waals surface area contributed by atoms with E-state index in [-0.39, 0.29) is 11.1 Å². The number of hydrogen-bond donors (Lipinski definition) is 0. The van der Waals surface area contributed by atoms with Crippen LogP contribution in [0, 0.1) is 0 Å². The Kier molecular flexibility index (Phi) is 3.76. The van der Waals surface area contributed by atoms with Crippen LogP contribution in [0.1, 0.15) is 0 Å². The van der Waals surface area contributed by atoms with E-state index in [0.717, 1.165) is 0 Å². The molecule has 7 rings (SSSR count). The van der Waals surface area contributed by atoms with Gasteiger partial charge in [-0.05, 0) is 48.5 Å². The van der Waals surface area contributed by atoms with Crippen molar-refractivity contribution >= 4 is 54.9 Å². The first-order valence-electron chi connectivity index (χ1n) is 11.0. The Morgan fingerprint density at radius 2 is 0.794 bits per heavy atom. The summed E-state index contributed by atoms with van der Waals surface area (Å²) in [6, 6.07) is 29.7. The summed E-state index contributed by atoms with van der Waals surface area (Å²) >= 11 is 0. The highest BCUT2D eigenvalue weighted by Gasteiger charge is 2.15. The Morgan fingerprint density at radius 1 is 0.441 bits per heavy atom. The van der Waals surface area contributed by atoms with Crippen molar-refractivity contribution in [3.05, 3.63) is 118 Å². The van der Waals surface area contributed by atoms with Crippen LogP contribution < -0.4 is 11.1 Å². The van der Waals surface area contributed by atoms with Crippen LogP contribution in [0.2, 0.25) is 0 Å². The highest BCUT2D eigenvalue weighted by molar-refractivity contribution is 6.02. The molecule has 0 N–H and O–H groups in total. The van der Waals surface area contributed by atoms with Crippen molar-refractivity contribution < 1.29 is 0 Å². The first kappa shape index (κ1) is 18.7. The van der Waals surface area contributed by atoms with Crippen LogP contribution in [-0.2, 0) is 0 Å². The molecule has 0 aliphatic rings. The molecule has 0 atom stereocenters. The Balaban J connectivity index is 1.97. The number of aromatic nitrogens is 4. The molecule has 7 aromatic rings. The van der Waals surface area contributed by atoms with Crippen LogP contribution in [0.4, 0.5) is 0 Å². The molecular weight excluding hydrogens is 424 g/mol. The zero-order valence-electron chi connectivity index (χ0n) is 17.8. The van der Waals surface area contributed by atoms with Crippen molar-refractivity contribution in [2.75, 3.05) is 0 Å². The van der Waals surface area contributed by atoms with Crippen LogP contribution in [0.3, 0.4) is 0 Å². The van der Waals surface area contributed by atoms with Gasteiger partial charge in [-0.3, -0.25) is 18.4 Å². The minimum Gasteiger partial charge on any atom is -0.268 e. The molecule has 0 fully saturated rings. The summed E-state index contributed by atoms with van der Waals surface area (Å²) in [6.07, 6.45) is 0. The van der Waals surface area contributed by atoms with Crippen LogP contribution >= 0.6 is 0 Å². The van der Waals surface area contributed by atoms with Crippen molar-refractivity contribution in [2.24, 2.45) is 0 Å². The van der Waals surface area contributed by atoms with E-state index in [4.69, 9.17) is 9.97 Å². The lowest BCUT2D eigenvalue weighted by molar-refractivity contribution is 1.11. The van der Waals surface area contributed by atoms with E-state index in [1.165, 1.54) is 0 Å². The molecule has 0 amide bonds. The van der Waals surface area contributed by atoms with E-state index in [2.05, 4.69) is 0 Å². The van der Waals surface area contributed by atoms with Gasteiger partial charge in [0, 0.05) is 10.8 Å². The topological polar surface area (TPSA) is 68.7 Å². The molecule has 0 radical (unpaired) electrons. The summed E-state index contributed by atoms with van der Waals surface area (Å²) in [5, 5.41) is 2.42. The van der Waals surface area contributed by atoms with Gasteiger partial charge < -0.3 is 0 Å². The SMILES string of the molecule is O=c1c2ccccc2nc2c3ccccc3n3c(=O)c4ccccc4nc3c3ccccc3n12. The number of para-hydroxylation sites is 4. The summed E-state index contributed by atoms with van der Waals surface area (Å²) < 4.78 is 3.28. The number of hydrogen-bond acceptors (Lipinski definition) is 4. The molecule has 6 nitrogen and oxygen atoms in total. The van der Waals surface area contributed by atoms with E-state index in [9.17, 15) is 9.59 Å². The zero-order valence-corrected chi connectivity index (χ0v) is 17.8. The van der Waals surface area contributed by atoms with Crippen molar-refractivity contribution in [1.29, 1.82) is 0 Å². The van der Waals surface area contributed by atoms with Crippen LogP contribution in [0.15, 0.2) is 107 Å². The largest absolute Gasteiger partial charge is 0.268 e. The van der Waals surface area contributed by atoms with Gasteiger partial charge in [-0.1, -0.05) is 48.5 Å². The molecule has 0 saturated carbocycles. The first-order chi connectivity index (χ1) is 16.7. The maximum atomic E-state index is 13.8. The van der Waals surface area contributed by atoms with E-state index >= 15 is 0 Å². The molecule has 0 saturated heterocycles. The van der Waals surface area contributed by atoms with Gasteiger partial charge in [0.2, 0.25) is 0 Å². The fourth-order valence-corrected chi connectivity index (χ4v) is 4.79. The second kappa shape index (κ2) is 6.83. The van der Waals surface area contributed by atoms with Crippen molar-refractivity contribution in [3.63, 3.8) is 0 Å². The Bertz CT molecular complexity index is 1970. The zero-order chi connectivity index (χ0) is 22.8. The number of benzene rings is 4. The molecular formula is C28H16N4O2. The maximum absolute atomic E-state index is 13.8. The smallest absolute Gasteiger partial charge is 0.266 e. The molecule has 34 heavy (non-hydrogen) atoms. The lowest BCUT2D eigenvalue weighted by Gasteiger charge is -2.12. The number of fused-ring (bicyclic) bond motifs is 10. The Labute approximate surface area is 191 Å². The minimum absolute atomic E-state index is 0.167. The molecule has 0 unspecified atom stereocenters. The van der Waals surface area contributed by atoms with Crippen molar-refractivity contribution in [3.8, 4) is 0 Å². The summed E-state index contributed by atoms with van der Waals surface area (Å²) in [6.45, 7) is 0. The molecule has 3 aromatic heterocycles. The molecule has 0 bridgehead atoms. The van der Waals surface area contributed by atoms with E-state index in [1.807, 2.05) is 84.9 Å². The van der Waals surface area contributed by atoms with Crippen LogP contribution in [0.25, 0.3) is 54.9 Å². The van der Waals surface area contributed by atoms with Crippen molar-refractivity contribution in [1.82, 2.24) is 18.8 Å². The predicted octanol–water partition coefficient (Wildman–Crippen LogP) is 4.88. The summed E-state index contributed by atoms with van der Waals surface area (Å²) in [5.74, 6) is 0. The average molecular weight is 440 g/mol. The van der Waals surface area contributed by atoms with Gasteiger partial charge >= 0.3 is 0 Å². The third-order valence-electron chi connectivity index (χ3n) is 6.32. The number of rotatable bonds is 0. The molecule has 160 valence electrons. The standard InChI is InChI=1S/C28H16N4O2/c33-27-17-9-1-5-13-21(17)29-25-20-12-4-8-16-24(20)32-26(19-11-3-7-15-23(19)31(25)27)30-22-14-6-2-10-18(22)28(32)34/h1-16H. The van der Waals surface area contributed by atoms with Gasteiger partial charge in [0.25, 0.3) is 11.1 Å². The first-order valence-corrected chi connectivity index (χ1v) is 11.0. The van der Waals surface area contributed by atoms with E-state index < -0.39 is 0 Å². The third kappa shape index (κ3) is 2.45. The molecule has 3 heterocycles. The summed E-state index contributed by atoms with van der Waals surface area (Å²) in [7, 11) is 0. The minimum atomic E-state index is -0.167. The monoisotopic (exact) mass is 440 g/mol. The maximum Gasteiger partial charge on any atom is 0.266 e. The van der Waals surface area contributed by atoms with Gasteiger partial charge in [0.05, 0.1) is 32.8 Å². The second-order valence-electron chi connectivity index (χ2n) is 8.22. The average Bonchev–Trinajstić information content (AvgIpc) is 2.88. The molecule has 0 aliphatic heterocycles. The van der Waals surface area contributed by atoms with Gasteiger partial charge in [-0.25, -0.2) is 9.97 Å². The normalized spacial score (nSPS) is 11.8. The molecule has 6 heteroatoms. The van der Waals surface area contributed by atoms with Gasteiger partial charge in [-0.15, -0.1) is 0 Å². The van der Waals surface area contributed by atoms with Crippen LogP contribution in [-0.4, -0.2) is 18.8 Å². The predicted molar refractivity (Wildman–Crippen MR) is 135 cm³/mol. The molecule has 0 aliphatic carbocycles.